The van der Waals surface area contributed by atoms with E-state index in [1.54, 1.807) is 6.20 Å². The van der Waals surface area contributed by atoms with Crippen LogP contribution in [0, 0.1) is 13.8 Å². The normalized spacial score (nSPS) is 12.5. The number of aryl methyl sites for hydroxylation is 2. The molecule has 0 aliphatic heterocycles. The summed E-state index contributed by atoms with van der Waals surface area (Å²) in [5, 5.41) is 0.612. The number of nitrogens with two attached hydrogens (primary N) is 1. The van der Waals surface area contributed by atoms with E-state index in [-0.39, 0.29) is 6.04 Å². The molecule has 3 heteroatoms. The van der Waals surface area contributed by atoms with Crippen molar-refractivity contribution in [2.45, 2.75) is 19.9 Å². The van der Waals surface area contributed by atoms with Crippen molar-refractivity contribution in [2.24, 2.45) is 5.73 Å². The van der Waals surface area contributed by atoms with Gasteiger partial charge in [0.25, 0.3) is 0 Å². The second-order valence-corrected chi connectivity index (χ2v) is 4.62. The summed E-state index contributed by atoms with van der Waals surface area (Å²) >= 11 is 6.12. The topological polar surface area (TPSA) is 38.9 Å². The standard InChI is InChI=1S/C14H15ClN2/c1-9-5-6-10(2)11(8-9)13(16)14-12(15)4-3-7-17-14/h3-8,13H,16H2,1-2H3. The van der Waals surface area contributed by atoms with Gasteiger partial charge in [0.1, 0.15) is 0 Å². The van der Waals surface area contributed by atoms with Crippen LogP contribution in [0.25, 0.3) is 0 Å². The molecule has 2 aromatic rings. The first kappa shape index (κ1) is 12.1. The van der Waals surface area contributed by atoms with Gasteiger partial charge in [-0.05, 0) is 37.1 Å². The van der Waals surface area contributed by atoms with E-state index < -0.39 is 0 Å². The summed E-state index contributed by atoms with van der Waals surface area (Å²) in [6, 6.07) is 9.58. The number of aromatic nitrogens is 1. The van der Waals surface area contributed by atoms with Crippen LogP contribution in [0.3, 0.4) is 0 Å². The fraction of sp³-hybridized carbons (Fsp3) is 0.214. The summed E-state index contributed by atoms with van der Waals surface area (Å²) in [5.41, 5.74) is 10.4. The maximum absolute atomic E-state index is 6.24. The number of nitrogens with zero attached hydrogens (tertiary/aromatic N) is 1. The van der Waals surface area contributed by atoms with E-state index in [0.717, 1.165) is 16.8 Å². The van der Waals surface area contributed by atoms with Crippen LogP contribution in [0.2, 0.25) is 5.02 Å². The van der Waals surface area contributed by atoms with Crippen LogP contribution in [0.4, 0.5) is 0 Å². The molecule has 2 N–H and O–H groups in total. The minimum absolute atomic E-state index is 0.274. The number of hydrogen-bond acceptors (Lipinski definition) is 2. The quantitative estimate of drug-likeness (QED) is 0.882. The molecule has 0 aliphatic rings. The molecule has 2 nitrogen and oxygen atoms in total. The van der Waals surface area contributed by atoms with Gasteiger partial charge in [0.05, 0.1) is 16.8 Å². The van der Waals surface area contributed by atoms with Crippen LogP contribution >= 0.6 is 11.6 Å². The van der Waals surface area contributed by atoms with Crippen molar-refractivity contribution in [3.63, 3.8) is 0 Å². The summed E-state index contributed by atoms with van der Waals surface area (Å²) in [6.45, 7) is 4.10. The molecular weight excluding hydrogens is 232 g/mol. The van der Waals surface area contributed by atoms with Gasteiger partial charge in [0.15, 0.2) is 0 Å². The van der Waals surface area contributed by atoms with Gasteiger partial charge in [-0.2, -0.15) is 0 Å². The average molecular weight is 247 g/mol. The molecule has 0 amide bonds. The van der Waals surface area contributed by atoms with Crippen molar-refractivity contribution in [1.29, 1.82) is 0 Å². The van der Waals surface area contributed by atoms with Gasteiger partial charge in [-0.15, -0.1) is 0 Å². The summed E-state index contributed by atoms with van der Waals surface area (Å²) in [6.07, 6.45) is 1.71. The number of rotatable bonds is 2. The third kappa shape index (κ3) is 2.48. The zero-order chi connectivity index (χ0) is 12.4. The van der Waals surface area contributed by atoms with Gasteiger partial charge in [0, 0.05) is 6.20 Å². The summed E-state index contributed by atoms with van der Waals surface area (Å²) < 4.78 is 0. The third-order valence-corrected chi connectivity index (χ3v) is 3.17. The molecule has 1 aromatic heterocycles. The maximum atomic E-state index is 6.24. The van der Waals surface area contributed by atoms with Crippen molar-refractivity contribution < 1.29 is 0 Å². The Morgan fingerprint density at radius 3 is 2.71 bits per heavy atom. The van der Waals surface area contributed by atoms with E-state index in [1.165, 1.54) is 5.56 Å². The van der Waals surface area contributed by atoms with E-state index >= 15 is 0 Å². The van der Waals surface area contributed by atoms with Gasteiger partial charge >= 0.3 is 0 Å². The van der Waals surface area contributed by atoms with Gasteiger partial charge in [-0.25, -0.2) is 0 Å². The summed E-state index contributed by atoms with van der Waals surface area (Å²) in [7, 11) is 0. The number of pyridine rings is 1. The molecule has 0 fully saturated rings. The molecule has 1 atom stereocenters. The fourth-order valence-corrected chi connectivity index (χ4v) is 2.11. The maximum Gasteiger partial charge on any atom is 0.0802 e. The SMILES string of the molecule is Cc1ccc(C)c(C(N)c2ncccc2Cl)c1. The lowest BCUT2D eigenvalue weighted by Gasteiger charge is -2.16. The smallest absolute Gasteiger partial charge is 0.0802 e. The molecule has 0 radical (unpaired) electrons. The van der Waals surface area contributed by atoms with Crippen LogP contribution in [0.5, 0.6) is 0 Å². The summed E-state index contributed by atoms with van der Waals surface area (Å²) in [5.74, 6) is 0. The monoisotopic (exact) mass is 246 g/mol. The number of hydrogen-bond donors (Lipinski definition) is 1. The molecule has 0 spiro atoms. The Bertz CT molecular complexity index is 537. The molecule has 0 aliphatic carbocycles. The summed E-state index contributed by atoms with van der Waals surface area (Å²) in [4.78, 5) is 4.27. The highest BCUT2D eigenvalue weighted by atomic mass is 35.5. The third-order valence-electron chi connectivity index (χ3n) is 2.85. The lowest BCUT2D eigenvalue weighted by atomic mass is 9.97. The van der Waals surface area contributed by atoms with E-state index in [1.807, 2.05) is 19.1 Å². The van der Waals surface area contributed by atoms with Gasteiger partial charge in [-0.3, -0.25) is 4.98 Å². The molecule has 0 bridgehead atoms. The minimum atomic E-state index is -0.274. The Hall–Kier alpha value is -1.38. The molecular formula is C14H15ClN2. The highest BCUT2D eigenvalue weighted by Crippen LogP contribution is 2.26. The molecule has 0 saturated heterocycles. The first-order valence-electron chi connectivity index (χ1n) is 5.52. The van der Waals surface area contributed by atoms with Crippen LogP contribution < -0.4 is 5.73 Å². The zero-order valence-electron chi connectivity index (χ0n) is 9.94. The highest BCUT2D eigenvalue weighted by Gasteiger charge is 2.15. The van der Waals surface area contributed by atoms with E-state index in [4.69, 9.17) is 17.3 Å². The molecule has 88 valence electrons. The lowest BCUT2D eigenvalue weighted by Crippen LogP contribution is -2.15. The second kappa shape index (κ2) is 4.86. The molecule has 1 heterocycles. The van der Waals surface area contributed by atoms with E-state index in [2.05, 4.69) is 30.1 Å². The van der Waals surface area contributed by atoms with Crippen LogP contribution in [-0.4, -0.2) is 4.98 Å². The van der Waals surface area contributed by atoms with E-state index in [9.17, 15) is 0 Å². The first-order valence-corrected chi connectivity index (χ1v) is 5.90. The highest BCUT2D eigenvalue weighted by molar-refractivity contribution is 6.31. The first-order chi connectivity index (χ1) is 8.09. The predicted octanol–water partition coefficient (Wildman–Crippen LogP) is 3.40. The number of benzene rings is 1. The Labute approximate surface area is 106 Å². The Morgan fingerprint density at radius 1 is 1.24 bits per heavy atom. The predicted molar refractivity (Wildman–Crippen MR) is 71.2 cm³/mol. The average Bonchev–Trinajstić information content (AvgIpc) is 2.32. The van der Waals surface area contributed by atoms with Crippen molar-refractivity contribution >= 4 is 11.6 Å². The Balaban J connectivity index is 2.47. The Kier molecular flexibility index (Phi) is 3.46. The van der Waals surface area contributed by atoms with Crippen molar-refractivity contribution in [1.82, 2.24) is 4.98 Å². The zero-order valence-corrected chi connectivity index (χ0v) is 10.7. The second-order valence-electron chi connectivity index (χ2n) is 4.21. The van der Waals surface area contributed by atoms with Gasteiger partial charge in [0.2, 0.25) is 0 Å². The minimum Gasteiger partial charge on any atom is -0.319 e. The van der Waals surface area contributed by atoms with Crippen LogP contribution in [0.15, 0.2) is 36.5 Å². The molecule has 17 heavy (non-hydrogen) atoms. The van der Waals surface area contributed by atoms with Gasteiger partial charge < -0.3 is 5.73 Å². The van der Waals surface area contributed by atoms with E-state index in [0.29, 0.717) is 5.02 Å². The van der Waals surface area contributed by atoms with Crippen molar-refractivity contribution in [3.05, 3.63) is 63.9 Å². The van der Waals surface area contributed by atoms with Crippen molar-refractivity contribution in [3.8, 4) is 0 Å². The van der Waals surface area contributed by atoms with Crippen LogP contribution in [0.1, 0.15) is 28.4 Å². The molecule has 2 rings (SSSR count). The van der Waals surface area contributed by atoms with Crippen molar-refractivity contribution in [2.75, 3.05) is 0 Å². The van der Waals surface area contributed by atoms with Gasteiger partial charge in [-0.1, -0.05) is 35.4 Å². The lowest BCUT2D eigenvalue weighted by molar-refractivity contribution is 0.820. The van der Waals surface area contributed by atoms with Crippen LogP contribution in [-0.2, 0) is 0 Å². The largest absolute Gasteiger partial charge is 0.319 e. The number of halogens is 1. The molecule has 0 saturated carbocycles. The fourth-order valence-electron chi connectivity index (χ4n) is 1.87. The molecule has 1 unspecified atom stereocenters. The Morgan fingerprint density at radius 2 is 2.00 bits per heavy atom. The molecule has 1 aromatic carbocycles.